The summed E-state index contributed by atoms with van der Waals surface area (Å²) in [6, 6.07) is 3.52. The van der Waals surface area contributed by atoms with Gasteiger partial charge in [0.1, 0.15) is 5.69 Å². The predicted molar refractivity (Wildman–Crippen MR) is 141 cm³/mol. The highest BCUT2D eigenvalue weighted by Crippen LogP contribution is 2.42. The zero-order chi connectivity index (χ0) is 27.6. The summed E-state index contributed by atoms with van der Waals surface area (Å²) in [7, 11) is 0. The van der Waals surface area contributed by atoms with E-state index in [1.54, 1.807) is 32.6 Å². The lowest BCUT2D eigenvalue weighted by Gasteiger charge is -2.33. The molecule has 1 aliphatic heterocycles. The minimum atomic E-state index is -2.65. The van der Waals surface area contributed by atoms with Gasteiger partial charge in [-0.05, 0) is 63.1 Å². The SMILES string of the molecule is CC(C)n1nccc1C(=O)NCC(c1cn2ncc(CN3CCCCNC3=O)cc2n1)C1CCC(F)(F)CC1. The number of hydrogen-bond donors (Lipinski definition) is 2. The Labute approximate surface area is 226 Å². The van der Waals surface area contributed by atoms with Gasteiger partial charge in [-0.15, -0.1) is 0 Å². The molecule has 39 heavy (non-hydrogen) atoms. The van der Waals surface area contributed by atoms with E-state index in [0.29, 0.717) is 49.5 Å². The molecular weight excluding hydrogens is 506 g/mol. The van der Waals surface area contributed by atoms with E-state index in [4.69, 9.17) is 4.98 Å². The lowest BCUT2D eigenvalue weighted by molar-refractivity contribution is -0.0486. The summed E-state index contributed by atoms with van der Waals surface area (Å²) < 4.78 is 31.3. The minimum absolute atomic E-state index is 0.0243. The van der Waals surface area contributed by atoms with Gasteiger partial charge in [0.05, 0.1) is 18.1 Å². The van der Waals surface area contributed by atoms with Crippen LogP contribution in [0.4, 0.5) is 13.6 Å². The summed E-state index contributed by atoms with van der Waals surface area (Å²) in [5.74, 6) is -3.21. The number of hydrogen-bond acceptors (Lipinski definition) is 5. The molecule has 3 aromatic rings. The minimum Gasteiger partial charge on any atom is -0.350 e. The van der Waals surface area contributed by atoms with Crippen LogP contribution in [-0.4, -0.2) is 66.8 Å². The first-order valence-electron chi connectivity index (χ1n) is 13.8. The van der Waals surface area contributed by atoms with E-state index in [1.165, 1.54) is 0 Å². The van der Waals surface area contributed by atoms with Crippen molar-refractivity contribution in [3.05, 3.63) is 47.7 Å². The van der Waals surface area contributed by atoms with E-state index in [1.807, 2.05) is 26.1 Å². The van der Waals surface area contributed by atoms with E-state index in [9.17, 15) is 18.4 Å². The number of urea groups is 1. The number of fused-ring (bicyclic) bond motifs is 1. The largest absolute Gasteiger partial charge is 0.350 e. The van der Waals surface area contributed by atoms with Gasteiger partial charge < -0.3 is 15.5 Å². The van der Waals surface area contributed by atoms with Crippen LogP contribution in [0, 0.1) is 5.92 Å². The molecule has 10 nitrogen and oxygen atoms in total. The molecular formula is C27H36F2N8O2. The van der Waals surface area contributed by atoms with Gasteiger partial charge in [-0.3, -0.25) is 9.48 Å². The van der Waals surface area contributed by atoms with Crippen molar-refractivity contribution in [2.75, 3.05) is 19.6 Å². The first-order chi connectivity index (χ1) is 18.7. The molecule has 1 aliphatic carbocycles. The van der Waals surface area contributed by atoms with E-state index in [0.717, 1.165) is 18.4 Å². The molecule has 5 rings (SSSR count). The van der Waals surface area contributed by atoms with Crippen molar-refractivity contribution in [1.29, 1.82) is 0 Å². The summed E-state index contributed by atoms with van der Waals surface area (Å²) in [5.41, 5.74) is 2.65. The number of amides is 3. The second-order valence-corrected chi connectivity index (χ2v) is 11.0. The molecule has 4 heterocycles. The second-order valence-electron chi connectivity index (χ2n) is 11.0. The number of imidazole rings is 1. The lowest BCUT2D eigenvalue weighted by Crippen LogP contribution is -2.37. The Morgan fingerprint density at radius 2 is 2.03 bits per heavy atom. The fourth-order valence-corrected chi connectivity index (χ4v) is 5.58. The molecule has 3 amide bonds. The molecule has 0 spiro atoms. The highest BCUT2D eigenvalue weighted by Gasteiger charge is 2.39. The van der Waals surface area contributed by atoms with Crippen molar-refractivity contribution in [2.45, 2.75) is 76.8 Å². The van der Waals surface area contributed by atoms with E-state index >= 15 is 0 Å². The number of halogens is 2. The molecule has 2 N–H and O–H groups in total. The maximum atomic E-state index is 14.0. The van der Waals surface area contributed by atoms with Gasteiger partial charge in [-0.2, -0.15) is 10.2 Å². The number of nitrogens with one attached hydrogen (secondary N) is 2. The number of rotatable bonds is 8. The lowest BCUT2D eigenvalue weighted by atomic mass is 9.77. The topological polar surface area (TPSA) is 109 Å². The van der Waals surface area contributed by atoms with E-state index < -0.39 is 5.92 Å². The average Bonchev–Trinajstić information content (AvgIpc) is 3.51. The van der Waals surface area contributed by atoms with Crippen LogP contribution in [0.2, 0.25) is 0 Å². The Bertz CT molecular complexity index is 1310. The zero-order valence-electron chi connectivity index (χ0n) is 22.4. The maximum absolute atomic E-state index is 14.0. The Balaban J connectivity index is 1.36. The molecule has 12 heteroatoms. The Morgan fingerprint density at radius 3 is 2.79 bits per heavy atom. The quantitative estimate of drug-likeness (QED) is 0.445. The molecule has 2 fully saturated rings. The van der Waals surface area contributed by atoms with Crippen LogP contribution in [-0.2, 0) is 6.54 Å². The molecule has 0 aromatic carbocycles. The monoisotopic (exact) mass is 542 g/mol. The fourth-order valence-electron chi connectivity index (χ4n) is 5.58. The zero-order valence-corrected chi connectivity index (χ0v) is 22.4. The summed E-state index contributed by atoms with van der Waals surface area (Å²) in [6.45, 7) is 5.96. The molecule has 1 saturated carbocycles. The third-order valence-corrected chi connectivity index (χ3v) is 7.77. The Kier molecular flexibility index (Phi) is 7.81. The van der Waals surface area contributed by atoms with Gasteiger partial charge in [0, 0.05) is 57.2 Å². The number of carbonyl (C=O) groups is 2. The van der Waals surface area contributed by atoms with Crippen molar-refractivity contribution in [2.24, 2.45) is 5.92 Å². The molecule has 0 radical (unpaired) electrons. The summed E-state index contributed by atoms with van der Waals surface area (Å²) in [6.07, 6.45) is 7.40. The third-order valence-electron chi connectivity index (χ3n) is 7.77. The molecule has 1 saturated heterocycles. The van der Waals surface area contributed by atoms with E-state index in [2.05, 4.69) is 20.8 Å². The molecule has 2 aliphatic rings. The van der Waals surface area contributed by atoms with Crippen molar-refractivity contribution in [3.8, 4) is 0 Å². The normalized spacial score (nSPS) is 19.2. The summed E-state index contributed by atoms with van der Waals surface area (Å²) >= 11 is 0. The van der Waals surface area contributed by atoms with Gasteiger partial charge >= 0.3 is 6.03 Å². The van der Waals surface area contributed by atoms with Crippen molar-refractivity contribution in [3.63, 3.8) is 0 Å². The number of alkyl halides is 2. The summed E-state index contributed by atoms with van der Waals surface area (Å²) in [4.78, 5) is 32.0. The van der Waals surface area contributed by atoms with Crippen molar-refractivity contribution < 1.29 is 18.4 Å². The number of nitrogens with zero attached hydrogens (tertiary/aromatic N) is 6. The van der Waals surface area contributed by atoms with Crippen LogP contribution in [0.3, 0.4) is 0 Å². The van der Waals surface area contributed by atoms with Crippen molar-refractivity contribution >= 4 is 17.6 Å². The maximum Gasteiger partial charge on any atom is 0.317 e. The van der Waals surface area contributed by atoms with Crippen LogP contribution in [0.1, 0.15) is 86.1 Å². The average molecular weight is 543 g/mol. The Hall–Kier alpha value is -3.57. The van der Waals surface area contributed by atoms with Gasteiger partial charge in [-0.25, -0.2) is 23.1 Å². The van der Waals surface area contributed by atoms with Gasteiger partial charge in [-0.1, -0.05) is 0 Å². The van der Waals surface area contributed by atoms with Gasteiger partial charge in [0.25, 0.3) is 5.91 Å². The highest BCUT2D eigenvalue weighted by atomic mass is 19.3. The van der Waals surface area contributed by atoms with Crippen molar-refractivity contribution in [1.82, 2.24) is 39.9 Å². The molecule has 1 unspecified atom stereocenters. The first kappa shape index (κ1) is 27.0. The third kappa shape index (κ3) is 6.20. The molecule has 210 valence electrons. The predicted octanol–water partition coefficient (Wildman–Crippen LogP) is 4.15. The van der Waals surface area contributed by atoms with E-state index in [-0.39, 0.29) is 49.2 Å². The smallest absolute Gasteiger partial charge is 0.317 e. The number of carbonyl (C=O) groups excluding carboxylic acids is 2. The highest BCUT2D eigenvalue weighted by molar-refractivity contribution is 5.92. The van der Waals surface area contributed by atoms with Gasteiger partial charge in [0.15, 0.2) is 5.65 Å². The number of aromatic nitrogens is 5. The molecule has 3 aromatic heterocycles. The van der Waals surface area contributed by atoms with Crippen LogP contribution in [0.25, 0.3) is 5.65 Å². The Morgan fingerprint density at radius 1 is 1.23 bits per heavy atom. The van der Waals surface area contributed by atoms with Gasteiger partial charge in [0.2, 0.25) is 5.92 Å². The summed E-state index contributed by atoms with van der Waals surface area (Å²) in [5, 5.41) is 14.7. The first-order valence-corrected chi connectivity index (χ1v) is 13.8. The van der Waals surface area contributed by atoms with Crippen LogP contribution in [0.5, 0.6) is 0 Å². The standard InChI is InChI=1S/C27H36F2N8O2/c1-18(2)37-23(7-11-32-37)25(38)31-15-21(20-5-8-27(28,29)9-6-20)22-17-36-24(34-22)13-19(14-33-36)16-35-12-4-3-10-30-26(35)39/h7,11,13-14,17-18,20-21H,3-6,8-10,12,15-16H2,1-2H3,(H,30,39)(H,31,38). The molecule has 1 atom stereocenters. The van der Waals surface area contributed by atoms with Crippen LogP contribution >= 0.6 is 0 Å². The fraction of sp³-hybridized carbons (Fsp3) is 0.593. The van der Waals surface area contributed by atoms with Crippen LogP contribution < -0.4 is 10.6 Å². The second kappa shape index (κ2) is 11.3. The molecule has 0 bridgehead atoms. The van der Waals surface area contributed by atoms with Crippen LogP contribution in [0.15, 0.2) is 30.7 Å².